The minimum absolute atomic E-state index is 0.820. The van der Waals surface area contributed by atoms with Gasteiger partial charge in [-0.3, -0.25) is 0 Å². The van der Waals surface area contributed by atoms with Crippen LogP contribution in [0.2, 0.25) is 0 Å². The number of nitrogen functional groups attached to an aromatic ring is 1. The maximum Gasteiger partial charge on any atom is 0.0465 e. The Bertz CT molecular complexity index is 1420. The van der Waals surface area contributed by atoms with Gasteiger partial charge in [-0.15, -0.1) is 0 Å². The number of rotatable bonds is 3. The number of nitrogens with two attached hydrogens (primary N) is 1. The number of hydrogen-bond acceptors (Lipinski definition) is 1. The first-order valence-corrected chi connectivity index (χ1v) is 10.4. The molecule has 0 aliphatic heterocycles. The molecule has 2 heterocycles. The van der Waals surface area contributed by atoms with Crippen LogP contribution in [0.15, 0.2) is 54.9 Å². The Morgan fingerprint density at radius 3 is 2.30 bits per heavy atom. The molecule has 0 unspecified atom stereocenters. The van der Waals surface area contributed by atoms with E-state index in [1.54, 1.807) is 0 Å². The van der Waals surface area contributed by atoms with E-state index >= 15 is 0 Å². The van der Waals surface area contributed by atoms with Gasteiger partial charge in [0.15, 0.2) is 0 Å². The summed E-state index contributed by atoms with van der Waals surface area (Å²) in [6, 6.07) is 15.4. The summed E-state index contributed by atoms with van der Waals surface area (Å²) >= 11 is 0. The third-order valence-corrected chi connectivity index (χ3v) is 6.27. The Morgan fingerprint density at radius 2 is 1.50 bits per heavy atom. The number of hydrogen-bond donors (Lipinski definition) is 3. The first kappa shape index (κ1) is 18.6. The highest BCUT2D eigenvalue weighted by Gasteiger charge is 2.14. The second-order valence-electron chi connectivity index (χ2n) is 8.60. The van der Waals surface area contributed by atoms with Gasteiger partial charge in [-0.05, 0) is 109 Å². The topological polar surface area (TPSA) is 57.6 Å². The normalized spacial score (nSPS) is 11.6. The van der Waals surface area contributed by atoms with Gasteiger partial charge in [0, 0.05) is 39.9 Å². The van der Waals surface area contributed by atoms with Crippen LogP contribution in [0.4, 0.5) is 5.69 Å². The molecule has 30 heavy (non-hydrogen) atoms. The molecule has 0 saturated carbocycles. The smallest absolute Gasteiger partial charge is 0.0465 e. The van der Waals surface area contributed by atoms with Gasteiger partial charge in [-0.2, -0.15) is 0 Å². The number of aromatic nitrogens is 2. The number of nitrogens with one attached hydrogen (secondary N) is 2. The van der Waals surface area contributed by atoms with Crippen LogP contribution in [0.5, 0.6) is 0 Å². The summed E-state index contributed by atoms with van der Waals surface area (Å²) < 4.78 is 0. The molecule has 3 heteroatoms. The van der Waals surface area contributed by atoms with Gasteiger partial charge in [-0.1, -0.05) is 12.1 Å². The number of anilines is 1. The van der Waals surface area contributed by atoms with Gasteiger partial charge < -0.3 is 15.7 Å². The standard InChI is InChI=1S/C27H27N3/c1-15-7-24(27-18(4)13-29-26(27)8-15)22-12-25-23(10-17(22)3)20(14-30-25)11-19-5-6-21(28)9-16(19)2/h5-10,12-14,29-30H,11,28H2,1-4H3. The molecule has 2 aromatic heterocycles. The van der Waals surface area contributed by atoms with E-state index in [4.69, 9.17) is 5.73 Å². The molecule has 0 spiro atoms. The highest BCUT2D eigenvalue weighted by atomic mass is 14.7. The van der Waals surface area contributed by atoms with E-state index in [0.717, 1.165) is 12.1 Å². The monoisotopic (exact) mass is 393 g/mol. The lowest BCUT2D eigenvalue weighted by molar-refractivity contribution is 1.17. The number of aryl methyl sites for hydroxylation is 4. The van der Waals surface area contributed by atoms with Crippen molar-refractivity contribution in [3.05, 3.63) is 88.2 Å². The molecule has 150 valence electrons. The van der Waals surface area contributed by atoms with E-state index < -0.39 is 0 Å². The molecule has 0 saturated heterocycles. The van der Waals surface area contributed by atoms with Gasteiger partial charge in [0.05, 0.1) is 0 Å². The second kappa shape index (κ2) is 6.81. The molecule has 0 atom stereocenters. The van der Waals surface area contributed by atoms with Crippen molar-refractivity contribution in [2.24, 2.45) is 0 Å². The quantitative estimate of drug-likeness (QED) is 0.293. The number of aromatic amines is 2. The Labute approximate surface area is 176 Å². The molecule has 0 aliphatic carbocycles. The number of fused-ring (bicyclic) bond motifs is 2. The van der Waals surface area contributed by atoms with Crippen LogP contribution >= 0.6 is 0 Å². The Morgan fingerprint density at radius 1 is 0.700 bits per heavy atom. The molecular formula is C27H27N3. The van der Waals surface area contributed by atoms with Gasteiger partial charge in [0.25, 0.3) is 0 Å². The maximum atomic E-state index is 5.93. The predicted octanol–water partition coefficient (Wildman–Crippen LogP) is 6.72. The number of H-pyrrole nitrogens is 2. The fourth-order valence-corrected chi connectivity index (χ4v) is 4.69. The van der Waals surface area contributed by atoms with E-state index in [0.29, 0.717) is 0 Å². The van der Waals surface area contributed by atoms with E-state index in [-0.39, 0.29) is 0 Å². The average Bonchev–Trinajstić information content (AvgIpc) is 3.26. The third-order valence-electron chi connectivity index (χ3n) is 6.27. The highest BCUT2D eigenvalue weighted by molar-refractivity contribution is 6.01. The fraction of sp³-hybridized carbons (Fsp3) is 0.185. The zero-order chi connectivity index (χ0) is 21.0. The van der Waals surface area contributed by atoms with Gasteiger partial charge in [0.1, 0.15) is 0 Å². The molecule has 0 amide bonds. The summed E-state index contributed by atoms with van der Waals surface area (Å²) in [6.07, 6.45) is 5.15. The van der Waals surface area contributed by atoms with Gasteiger partial charge in [-0.25, -0.2) is 0 Å². The van der Waals surface area contributed by atoms with Gasteiger partial charge >= 0.3 is 0 Å². The van der Waals surface area contributed by atoms with Crippen LogP contribution in [-0.4, -0.2) is 9.97 Å². The summed E-state index contributed by atoms with van der Waals surface area (Å²) in [5, 5.41) is 2.61. The van der Waals surface area contributed by atoms with Crippen molar-refractivity contribution < 1.29 is 0 Å². The third kappa shape index (κ3) is 2.98. The first-order chi connectivity index (χ1) is 14.4. The summed E-state index contributed by atoms with van der Waals surface area (Å²) in [4.78, 5) is 6.93. The van der Waals surface area contributed by atoms with Crippen molar-refractivity contribution in [3.8, 4) is 11.1 Å². The lowest BCUT2D eigenvalue weighted by atomic mass is 9.92. The summed E-state index contributed by atoms with van der Waals surface area (Å²) in [6.45, 7) is 8.68. The molecule has 3 aromatic carbocycles. The average molecular weight is 394 g/mol. The Kier molecular flexibility index (Phi) is 4.21. The molecule has 5 aromatic rings. The molecule has 4 N–H and O–H groups in total. The number of benzene rings is 3. The Hall–Kier alpha value is -3.46. The van der Waals surface area contributed by atoms with Crippen molar-refractivity contribution in [2.75, 3.05) is 5.73 Å². The van der Waals surface area contributed by atoms with Crippen LogP contribution in [-0.2, 0) is 6.42 Å². The maximum absolute atomic E-state index is 5.93. The Balaban J connectivity index is 1.64. The van der Waals surface area contributed by atoms with Crippen molar-refractivity contribution in [1.82, 2.24) is 9.97 Å². The lowest BCUT2D eigenvalue weighted by Crippen LogP contribution is -1.94. The largest absolute Gasteiger partial charge is 0.399 e. The van der Waals surface area contributed by atoms with Crippen molar-refractivity contribution in [3.63, 3.8) is 0 Å². The van der Waals surface area contributed by atoms with Crippen molar-refractivity contribution >= 4 is 27.5 Å². The molecule has 0 radical (unpaired) electrons. The van der Waals surface area contributed by atoms with Crippen LogP contribution in [0.25, 0.3) is 32.9 Å². The molecule has 3 nitrogen and oxygen atoms in total. The van der Waals surface area contributed by atoms with E-state index in [1.165, 1.54) is 66.3 Å². The molecule has 0 fully saturated rings. The molecular weight excluding hydrogens is 366 g/mol. The van der Waals surface area contributed by atoms with E-state index in [1.807, 2.05) is 6.07 Å². The van der Waals surface area contributed by atoms with Gasteiger partial charge in [0.2, 0.25) is 0 Å². The van der Waals surface area contributed by atoms with Crippen LogP contribution < -0.4 is 5.73 Å². The first-order valence-electron chi connectivity index (χ1n) is 10.4. The van der Waals surface area contributed by atoms with Crippen LogP contribution in [0, 0.1) is 27.7 Å². The minimum Gasteiger partial charge on any atom is -0.399 e. The lowest BCUT2D eigenvalue weighted by Gasteiger charge is -2.12. The molecule has 0 bridgehead atoms. The zero-order valence-electron chi connectivity index (χ0n) is 18.0. The second-order valence-corrected chi connectivity index (χ2v) is 8.60. The fourth-order valence-electron chi connectivity index (χ4n) is 4.69. The summed E-state index contributed by atoms with van der Waals surface area (Å²) in [7, 11) is 0. The van der Waals surface area contributed by atoms with Crippen LogP contribution in [0.1, 0.15) is 33.4 Å². The summed E-state index contributed by atoms with van der Waals surface area (Å²) in [5.74, 6) is 0. The van der Waals surface area contributed by atoms with Crippen molar-refractivity contribution in [2.45, 2.75) is 34.1 Å². The highest BCUT2D eigenvalue weighted by Crippen LogP contribution is 2.36. The minimum atomic E-state index is 0.820. The summed E-state index contributed by atoms with van der Waals surface area (Å²) in [5.41, 5.74) is 19.4. The van der Waals surface area contributed by atoms with Crippen molar-refractivity contribution in [1.29, 1.82) is 0 Å². The van der Waals surface area contributed by atoms with E-state index in [2.05, 4.69) is 86.5 Å². The van der Waals surface area contributed by atoms with E-state index in [9.17, 15) is 0 Å². The van der Waals surface area contributed by atoms with Crippen LogP contribution in [0.3, 0.4) is 0 Å². The molecule has 0 aliphatic rings. The SMILES string of the molecule is Cc1cc(-c2cc3[nH]cc(Cc4ccc(N)cc4C)c3cc2C)c2c(C)c[nH]c2c1. The molecule has 5 rings (SSSR count). The zero-order valence-corrected chi connectivity index (χ0v) is 18.0. The predicted molar refractivity (Wildman–Crippen MR) is 128 cm³/mol.